The summed E-state index contributed by atoms with van der Waals surface area (Å²) >= 11 is 0. The molecule has 11 heavy (non-hydrogen) atoms. The van der Waals surface area contributed by atoms with E-state index in [0.29, 0.717) is 5.92 Å². The van der Waals surface area contributed by atoms with Crippen LogP contribution in [0.2, 0.25) is 6.82 Å². The number of hydrogen-bond donors (Lipinski definition) is 2. The summed E-state index contributed by atoms with van der Waals surface area (Å²) in [6, 6.07) is 0. The summed E-state index contributed by atoms with van der Waals surface area (Å²) in [5.41, 5.74) is 14.4. The fourth-order valence-corrected chi connectivity index (χ4v) is 1.46. The molecule has 0 saturated carbocycles. The zero-order chi connectivity index (χ0) is 8.43. The summed E-state index contributed by atoms with van der Waals surface area (Å²) < 4.78 is 0. The van der Waals surface area contributed by atoms with Crippen LogP contribution in [0.4, 0.5) is 0 Å². The summed E-state index contributed by atoms with van der Waals surface area (Å²) in [5, 5.41) is 0. The van der Waals surface area contributed by atoms with Crippen LogP contribution in [0.15, 0.2) is 22.9 Å². The van der Waals surface area contributed by atoms with Crippen LogP contribution < -0.4 is 11.5 Å². The molecular formula is C8H15BN2. The number of nitrogens with two attached hydrogens (primary N) is 2. The number of allylic oxidation sites excluding steroid dienone is 3. The first-order chi connectivity index (χ1) is 5.15. The van der Waals surface area contributed by atoms with Crippen LogP contribution in [-0.2, 0) is 0 Å². The van der Waals surface area contributed by atoms with Crippen molar-refractivity contribution in [3.05, 3.63) is 22.9 Å². The molecular weight excluding hydrogens is 135 g/mol. The maximum atomic E-state index is 5.70. The Balaban J connectivity index is 2.87. The summed E-state index contributed by atoms with van der Waals surface area (Å²) in [5.74, 6) is 0.576. The summed E-state index contributed by atoms with van der Waals surface area (Å²) in [6.07, 6.45) is 2.94. The zero-order valence-electron chi connectivity index (χ0n) is 7.22. The molecule has 0 amide bonds. The van der Waals surface area contributed by atoms with Gasteiger partial charge >= 0.3 is 0 Å². The molecule has 0 bridgehead atoms. The molecule has 0 heterocycles. The molecule has 1 aliphatic rings. The molecule has 1 unspecified atom stereocenters. The maximum absolute atomic E-state index is 5.70. The van der Waals surface area contributed by atoms with Crippen molar-refractivity contribution in [1.82, 2.24) is 0 Å². The predicted molar refractivity (Wildman–Crippen MR) is 50.3 cm³/mol. The molecule has 3 heteroatoms. The molecule has 4 N–H and O–H groups in total. The van der Waals surface area contributed by atoms with E-state index in [4.69, 9.17) is 11.5 Å². The van der Waals surface area contributed by atoms with E-state index < -0.39 is 0 Å². The second-order valence-electron chi connectivity index (χ2n) is 3.16. The maximum Gasteiger partial charge on any atom is 0.149 e. The third-order valence-corrected chi connectivity index (χ3v) is 2.28. The highest BCUT2D eigenvalue weighted by molar-refractivity contribution is 6.43. The van der Waals surface area contributed by atoms with E-state index in [-0.39, 0.29) is 0 Å². The molecule has 1 atom stereocenters. The molecule has 0 aromatic heterocycles. The molecule has 0 aromatic rings. The lowest BCUT2D eigenvalue weighted by molar-refractivity contribution is 0.677. The van der Waals surface area contributed by atoms with Crippen LogP contribution in [0.25, 0.3) is 0 Å². The van der Waals surface area contributed by atoms with Gasteiger partial charge in [0.2, 0.25) is 0 Å². The minimum absolute atomic E-state index is 0.576. The second-order valence-corrected chi connectivity index (χ2v) is 3.16. The van der Waals surface area contributed by atoms with Gasteiger partial charge in [0.15, 0.2) is 0 Å². The molecule has 60 valence electrons. The van der Waals surface area contributed by atoms with Crippen LogP contribution in [0.3, 0.4) is 0 Å². The van der Waals surface area contributed by atoms with Gasteiger partial charge in [-0.25, -0.2) is 0 Å². The Morgan fingerprint density at radius 2 is 2.18 bits per heavy atom. The van der Waals surface area contributed by atoms with Gasteiger partial charge in [0.25, 0.3) is 0 Å². The van der Waals surface area contributed by atoms with Gasteiger partial charge in [0.1, 0.15) is 7.28 Å². The predicted octanol–water partition coefficient (Wildman–Crippen LogP) is 0.524. The monoisotopic (exact) mass is 150 g/mol. The Kier molecular flexibility index (Phi) is 2.27. The zero-order valence-corrected chi connectivity index (χ0v) is 7.22. The topological polar surface area (TPSA) is 52.0 Å². The average molecular weight is 150 g/mol. The van der Waals surface area contributed by atoms with E-state index in [0.717, 1.165) is 25.1 Å². The standard InChI is InChI=1S/C8H15BN2/c1-5-3-7(10)8(11)4-6(5)9-2/h4-5,9H,3,10-11H2,1-2H3. The van der Waals surface area contributed by atoms with E-state index in [9.17, 15) is 0 Å². The molecule has 0 fully saturated rings. The van der Waals surface area contributed by atoms with Crippen LogP contribution in [-0.4, -0.2) is 7.28 Å². The Bertz CT molecular complexity index is 218. The van der Waals surface area contributed by atoms with Crippen molar-refractivity contribution in [2.45, 2.75) is 20.2 Å². The van der Waals surface area contributed by atoms with Crippen molar-refractivity contribution >= 4 is 7.28 Å². The van der Waals surface area contributed by atoms with Gasteiger partial charge in [0, 0.05) is 11.4 Å². The minimum Gasteiger partial charge on any atom is -0.400 e. The van der Waals surface area contributed by atoms with Crippen LogP contribution in [0.5, 0.6) is 0 Å². The van der Waals surface area contributed by atoms with Crippen molar-refractivity contribution in [3.63, 3.8) is 0 Å². The lowest BCUT2D eigenvalue weighted by Gasteiger charge is -2.20. The summed E-state index contributed by atoms with van der Waals surface area (Å²) in [7, 11) is 1.08. The molecule has 1 aliphatic carbocycles. The first kappa shape index (κ1) is 8.24. The van der Waals surface area contributed by atoms with Crippen molar-refractivity contribution < 1.29 is 0 Å². The quantitative estimate of drug-likeness (QED) is 0.535. The van der Waals surface area contributed by atoms with E-state index in [1.807, 2.05) is 6.08 Å². The van der Waals surface area contributed by atoms with Gasteiger partial charge < -0.3 is 11.5 Å². The van der Waals surface area contributed by atoms with Gasteiger partial charge in [0.05, 0.1) is 0 Å². The molecule has 2 nitrogen and oxygen atoms in total. The molecule has 0 radical (unpaired) electrons. The molecule has 0 aliphatic heterocycles. The van der Waals surface area contributed by atoms with Crippen molar-refractivity contribution in [2.75, 3.05) is 0 Å². The highest BCUT2D eigenvalue weighted by Crippen LogP contribution is 2.23. The van der Waals surface area contributed by atoms with E-state index >= 15 is 0 Å². The first-order valence-electron chi connectivity index (χ1n) is 4.09. The minimum atomic E-state index is 0.576. The second kappa shape index (κ2) is 3.03. The van der Waals surface area contributed by atoms with Crippen LogP contribution in [0, 0.1) is 5.92 Å². The van der Waals surface area contributed by atoms with E-state index in [1.54, 1.807) is 0 Å². The Morgan fingerprint density at radius 3 is 2.73 bits per heavy atom. The lowest BCUT2D eigenvalue weighted by Crippen LogP contribution is -2.19. The largest absolute Gasteiger partial charge is 0.400 e. The van der Waals surface area contributed by atoms with Crippen LogP contribution in [0.1, 0.15) is 13.3 Å². The van der Waals surface area contributed by atoms with Gasteiger partial charge in [-0.1, -0.05) is 13.7 Å². The van der Waals surface area contributed by atoms with Crippen molar-refractivity contribution in [3.8, 4) is 0 Å². The Hall–Kier alpha value is -0.855. The van der Waals surface area contributed by atoms with Gasteiger partial charge in [-0.05, 0) is 18.4 Å². The number of rotatable bonds is 1. The van der Waals surface area contributed by atoms with Gasteiger partial charge in [-0.2, -0.15) is 0 Å². The SMILES string of the molecule is CBC1=CC(N)=C(N)CC1C. The molecule has 0 saturated heterocycles. The average Bonchev–Trinajstić information content (AvgIpc) is 1.97. The Morgan fingerprint density at radius 1 is 1.55 bits per heavy atom. The highest BCUT2D eigenvalue weighted by Gasteiger charge is 2.14. The smallest absolute Gasteiger partial charge is 0.149 e. The third kappa shape index (κ3) is 1.59. The molecule has 0 spiro atoms. The van der Waals surface area contributed by atoms with Gasteiger partial charge in [-0.15, -0.1) is 5.47 Å². The fraction of sp³-hybridized carbons (Fsp3) is 0.500. The normalized spacial score (nSPS) is 24.9. The third-order valence-electron chi connectivity index (χ3n) is 2.28. The Labute approximate surface area is 68.6 Å². The highest BCUT2D eigenvalue weighted by atomic mass is 14.7. The van der Waals surface area contributed by atoms with E-state index in [2.05, 4.69) is 13.7 Å². The van der Waals surface area contributed by atoms with Crippen LogP contribution >= 0.6 is 0 Å². The summed E-state index contributed by atoms with van der Waals surface area (Å²) in [4.78, 5) is 0. The van der Waals surface area contributed by atoms with E-state index in [1.165, 1.54) is 5.47 Å². The van der Waals surface area contributed by atoms with Crippen molar-refractivity contribution in [1.29, 1.82) is 0 Å². The summed E-state index contributed by atoms with van der Waals surface area (Å²) in [6.45, 7) is 4.34. The lowest BCUT2D eigenvalue weighted by atomic mass is 9.64. The molecule has 0 aromatic carbocycles. The fourth-order valence-electron chi connectivity index (χ4n) is 1.46. The van der Waals surface area contributed by atoms with Gasteiger partial charge in [-0.3, -0.25) is 0 Å². The first-order valence-corrected chi connectivity index (χ1v) is 4.09. The molecule has 1 rings (SSSR count). The number of hydrogen-bond acceptors (Lipinski definition) is 2. The van der Waals surface area contributed by atoms with Crippen molar-refractivity contribution in [2.24, 2.45) is 17.4 Å².